The van der Waals surface area contributed by atoms with E-state index in [4.69, 9.17) is 0 Å². The number of halogens is 1. The van der Waals surface area contributed by atoms with E-state index < -0.39 is 0 Å². The Morgan fingerprint density at radius 2 is 1.69 bits per heavy atom. The predicted octanol–water partition coefficient (Wildman–Crippen LogP) is 3.57. The highest BCUT2D eigenvalue weighted by Gasteiger charge is 2.02. The van der Waals surface area contributed by atoms with Crippen molar-refractivity contribution in [2.24, 2.45) is 0 Å². The summed E-state index contributed by atoms with van der Waals surface area (Å²) in [6, 6.07) is 17.6. The molecule has 0 saturated heterocycles. The largest absolute Gasteiger partial charge is 0.316 e. The molecule has 0 spiro atoms. The highest BCUT2D eigenvalue weighted by molar-refractivity contribution is 5.81. The summed E-state index contributed by atoms with van der Waals surface area (Å²) in [5.74, 6) is -0.218. The van der Waals surface area contributed by atoms with Gasteiger partial charge in [-0.15, -0.1) is 0 Å². The summed E-state index contributed by atoms with van der Waals surface area (Å²) in [6.45, 7) is 0. The second kappa shape index (κ2) is 3.49. The molecular formula is C14H9FN. The van der Waals surface area contributed by atoms with Crippen LogP contribution in [0.25, 0.3) is 16.6 Å². The van der Waals surface area contributed by atoms with Gasteiger partial charge in [0.1, 0.15) is 5.82 Å². The SMILES string of the molecule is Fc1ccc(-n2c[c]c3ccccc32)cc1. The Morgan fingerprint density at radius 1 is 0.938 bits per heavy atom. The average Bonchev–Trinajstić information content (AvgIpc) is 2.74. The molecule has 3 aromatic rings. The first-order valence-corrected chi connectivity index (χ1v) is 5.08. The van der Waals surface area contributed by atoms with Crippen LogP contribution in [-0.4, -0.2) is 4.57 Å². The van der Waals surface area contributed by atoms with Gasteiger partial charge in [0.05, 0.1) is 5.52 Å². The van der Waals surface area contributed by atoms with Gasteiger partial charge in [-0.1, -0.05) is 18.2 Å². The van der Waals surface area contributed by atoms with Crippen LogP contribution in [0.1, 0.15) is 0 Å². The lowest BCUT2D eigenvalue weighted by Crippen LogP contribution is -1.91. The van der Waals surface area contributed by atoms with Crippen molar-refractivity contribution in [2.75, 3.05) is 0 Å². The molecule has 0 aliphatic heterocycles. The first-order chi connectivity index (χ1) is 7.84. The van der Waals surface area contributed by atoms with E-state index in [0.717, 1.165) is 16.6 Å². The van der Waals surface area contributed by atoms with E-state index in [-0.39, 0.29) is 5.82 Å². The molecule has 1 nitrogen and oxygen atoms in total. The minimum Gasteiger partial charge on any atom is -0.316 e. The number of nitrogens with zero attached hydrogens (tertiary/aromatic N) is 1. The lowest BCUT2D eigenvalue weighted by atomic mass is 10.2. The maximum Gasteiger partial charge on any atom is 0.123 e. The Hall–Kier alpha value is -2.09. The molecular weight excluding hydrogens is 201 g/mol. The number of benzene rings is 2. The molecule has 0 aliphatic carbocycles. The van der Waals surface area contributed by atoms with E-state index in [0.29, 0.717) is 0 Å². The Bertz CT molecular complexity index is 623. The monoisotopic (exact) mass is 210 g/mol. The maximum atomic E-state index is 12.8. The van der Waals surface area contributed by atoms with Crippen molar-refractivity contribution >= 4 is 10.9 Å². The standard InChI is InChI=1S/C14H9FN/c15-12-5-7-13(8-6-12)16-10-9-11-3-1-2-4-14(11)16/h1-8,10H. The number of rotatable bonds is 1. The Kier molecular flexibility index (Phi) is 2.00. The molecule has 77 valence electrons. The third-order valence-electron chi connectivity index (χ3n) is 2.62. The van der Waals surface area contributed by atoms with Gasteiger partial charge in [0, 0.05) is 23.3 Å². The third-order valence-corrected chi connectivity index (χ3v) is 2.62. The van der Waals surface area contributed by atoms with Crippen molar-refractivity contribution < 1.29 is 4.39 Å². The van der Waals surface area contributed by atoms with Crippen molar-refractivity contribution in [2.45, 2.75) is 0 Å². The molecule has 2 heteroatoms. The number of fused-ring (bicyclic) bond motifs is 1. The molecule has 0 unspecified atom stereocenters. The molecule has 16 heavy (non-hydrogen) atoms. The van der Waals surface area contributed by atoms with Gasteiger partial charge in [-0.05, 0) is 30.3 Å². The normalized spacial score (nSPS) is 10.8. The molecule has 0 atom stereocenters. The number of hydrogen-bond acceptors (Lipinski definition) is 0. The minimum atomic E-state index is -0.218. The summed E-state index contributed by atoms with van der Waals surface area (Å²) in [4.78, 5) is 0. The van der Waals surface area contributed by atoms with E-state index in [1.165, 1.54) is 12.1 Å². The molecule has 0 saturated carbocycles. The van der Waals surface area contributed by atoms with Crippen molar-refractivity contribution in [3.05, 3.63) is 66.6 Å². The zero-order valence-corrected chi connectivity index (χ0v) is 8.52. The third kappa shape index (κ3) is 1.39. The fraction of sp³-hybridized carbons (Fsp3) is 0. The van der Waals surface area contributed by atoms with Gasteiger partial charge in [-0.25, -0.2) is 4.39 Å². The van der Waals surface area contributed by atoms with Crippen LogP contribution in [0.5, 0.6) is 0 Å². The lowest BCUT2D eigenvalue weighted by Gasteiger charge is -2.04. The molecule has 0 N–H and O–H groups in total. The molecule has 1 aromatic heterocycles. The molecule has 0 fully saturated rings. The predicted molar refractivity (Wildman–Crippen MR) is 62.1 cm³/mol. The van der Waals surface area contributed by atoms with Crippen LogP contribution in [0.3, 0.4) is 0 Å². The first kappa shape index (κ1) is 9.16. The molecule has 0 aliphatic rings. The minimum absolute atomic E-state index is 0.218. The van der Waals surface area contributed by atoms with Crippen LogP contribution in [0, 0.1) is 11.9 Å². The fourth-order valence-corrected chi connectivity index (χ4v) is 1.82. The van der Waals surface area contributed by atoms with Gasteiger partial charge in [-0.2, -0.15) is 0 Å². The fourth-order valence-electron chi connectivity index (χ4n) is 1.82. The topological polar surface area (TPSA) is 4.93 Å². The summed E-state index contributed by atoms with van der Waals surface area (Å²) in [6.07, 6.45) is 1.87. The van der Waals surface area contributed by atoms with Crippen molar-refractivity contribution in [1.82, 2.24) is 4.57 Å². The van der Waals surface area contributed by atoms with Crippen LogP contribution in [-0.2, 0) is 0 Å². The number of hydrogen-bond donors (Lipinski definition) is 0. The van der Waals surface area contributed by atoms with Gasteiger partial charge in [-0.3, -0.25) is 0 Å². The van der Waals surface area contributed by atoms with Crippen LogP contribution >= 0.6 is 0 Å². The number of para-hydroxylation sites is 1. The van der Waals surface area contributed by atoms with Gasteiger partial charge < -0.3 is 4.57 Å². The van der Waals surface area contributed by atoms with E-state index in [9.17, 15) is 4.39 Å². The van der Waals surface area contributed by atoms with E-state index in [2.05, 4.69) is 6.07 Å². The van der Waals surface area contributed by atoms with Crippen LogP contribution < -0.4 is 0 Å². The quantitative estimate of drug-likeness (QED) is 0.578. The highest BCUT2D eigenvalue weighted by Crippen LogP contribution is 2.19. The molecule has 2 aromatic carbocycles. The van der Waals surface area contributed by atoms with E-state index in [1.54, 1.807) is 12.1 Å². The Balaban J connectivity index is 2.22. The summed E-state index contributed by atoms with van der Waals surface area (Å²) < 4.78 is 14.8. The smallest absolute Gasteiger partial charge is 0.123 e. The molecule has 1 heterocycles. The van der Waals surface area contributed by atoms with Gasteiger partial charge in [0.15, 0.2) is 0 Å². The number of aromatic nitrogens is 1. The Labute approximate surface area is 92.8 Å². The summed E-state index contributed by atoms with van der Waals surface area (Å²) in [5, 5.41) is 1.06. The van der Waals surface area contributed by atoms with Gasteiger partial charge >= 0.3 is 0 Å². The highest BCUT2D eigenvalue weighted by atomic mass is 19.1. The maximum absolute atomic E-state index is 12.8. The zero-order chi connectivity index (χ0) is 11.0. The summed E-state index contributed by atoms with van der Waals surface area (Å²) >= 11 is 0. The second-order valence-corrected chi connectivity index (χ2v) is 3.64. The second-order valence-electron chi connectivity index (χ2n) is 3.64. The molecule has 1 radical (unpaired) electrons. The van der Waals surface area contributed by atoms with Crippen LogP contribution in [0.4, 0.5) is 4.39 Å². The van der Waals surface area contributed by atoms with Gasteiger partial charge in [0.25, 0.3) is 0 Å². The summed E-state index contributed by atoms with van der Waals surface area (Å²) in [5.41, 5.74) is 2.02. The van der Waals surface area contributed by atoms with E-state index >= 15 is 0 Å². The Morgan fingerprint density at radius 3 is 2.50 bits per heavy atom. The molecule has 3 rings (SSSR count). The van der Waals surface area contributed by atoms with Crippen molar-refractivity contribution in [3.8, 4) is 5.69 Å². The average molecular weight is 210 g/mol. The summed E-state index contributed by atoms with van der Waals surface area (Å²) in [7, 11) is 0. The van der Waals surface area contributed by atoms with Crippen LogP contribution in [0.2, 0.25) is 0 Å². The van der Waals surface area contributed by atoms with Crippen LogP contribution in [0.15, 0.2) is 54.7 Å². The molecule has 0 bridgehead atoms. The zero-order valence-electron chi connectivity index (χ0n) is 8.52. The van der Waals surface area contributed by atoms with Crippen molar-refractivity contribution in [3.63, 3.8) is 0 Å². The molecule has 0 amide bonds. The lowest BCUT2D eigenvalue weighted by molar-refractivity contribution is 0.627. The van der Waals surface area contributed by atoms with Crippen molar-refractivity contribution in [1.29, 1.82) is 0 Å². The van der Waals surface area contributed by atoms with Gasteiger partial charge in [0.2, 0.25) is 0 Å². The van der Waals surface area contributed by atoms with E-state index in [1.807, 2.05) is 35.0 Å². The first-order valence-electron chi connectivity index (χ1n) is 5.08.